The van der Waals surface area contributed by atoms with Gasteiger partial charge < -0.3 is 9.47 Å². The van der Waals surface area contributed by atoms with E-state index in [0.29, 0.717) is 13.2 Å². The molecule has 1 N–H and O–H groups in total. The van der Waals surface area contributed by atoms with Crippen LogP contribution in [0.3, 0.4) is 0 Å². The number of ether oxygens (including phenoxy) is 2. The third kappa shape index (κ3) is 5.53. The van der Waals surface area contributed by atoms with Gasteiger partial charge in [0, 0.05) is 13.3 Å². The van der Waals surface area contributed by atoms with Crippen LogP contribution in [-0.4, -0.2) is 42.4 Å². The van der Waals surface area contributed by atoms with Crippen LogP contribution in [0.25, 0.3) is 0 Å². The van der Waals surface area contributed by atoms with Gasteiger partial charge in [-0.2, -0.15) is 18.3 Å². The molecule has 0 bridgehead atoms. The molecule has 1 heterocycles. The number of hydrogen-bond acceptors (Lipinski definition) is 4. The number of carbonyl (C=O) groups is 1. The summed E-state index contributed by atoms with van der Waals surface area (Å²) in [6, 6.07) is 0. The van der Waals surface area contributed by atoms with E-state index in [2.05, 4.69) is 15.2 Å². The minimum atomic E-state index is -4.54. The number of rotatable bonds is 5. The van der Waals surface area contributed by atoms with Crippen LogP contribution in [0.4, 0.5) is 23.7 Å². The standard InChI is InChI=1S/C9H12F3N3O3/c1-17-3-2-15-5-7(4-13-15)14-8(16)18-6-9(10,11)12/h4-5H,2-3,6H2,1H3,(H,14,16). The average molecular weight is 267 g/mol. The summed E-state index contributed by atoms with van der Waals surface area (Å²) in [5.74, 6) is 0. The van der Waals surface area contributed by atoms with Crippen LogP contribution in [-0.2, 0) is 16.0 Å². The van der Waals surface area contributed by atoms with Gasteiger partial charge in [0.1, 0.15) is 0 Å². The molecular weight excluding hydrogens is 255 g/mol. The third-order valence-electron chi connectivity index (χ3n) is 1.77. The summed E-state index contributed by atoms with van der Waals surface area (Å²) in [7, 11) is 1.52. The van der Waals surface area contributed by atoms with Gasteiger partial charge in [-0.25, -0.2) is 4.79 Å². The summed E-state index contributed by atoms with van der Waals surface area (Å²) in [5.41, 5.74) is 0.248. The normalized spacial score (nSPS) is 11.3. The Hall–Kier alpha value is -1.77. The predicted molar refractivity (Wildman–Crippen MR) is 55.1 cm³/mol. The first kappa shape index (κ1) is 14.3. The van der Waals surface area contributed by atoms with Gasteiger partial charge >= 0.3 is 12.3 Å². The summed E-state index contributed by atoms with van der Waals surface area (Å²) in [6.45, 7) is -0.730. The molecular formula is C9H12F3N3O3. The Morgan fingerprint density at radius 2 is 2.28 bits per heavy atom. The first-order valence-corrected chi connectivity index (χ1v) is 4.92. The highest BCUT2D eigenvalue weighted by Crippen LogP contribution is 2.15. The molecule has 0 aliphatic heterocycles. The molecule has 0 aromatic carbocycles. The largest absolute Gasteiger partial charge is 0.440 e. The molecule has 0 aliphatic rings. The molecule has 6 nitrogen and oxygen atoms in total. The van der Waals surface area contributed by atoms with Crippen LogP contribution in [0.5, 0.6) is 0 Å². The number of aromatic nitrogens is 2. The lowest BCUT2D eigenvalue weighted by Gasteiger charge is -2.07. The number of nitrogens with one attached hydrogen (secondary N) is 1. The predicted octanol–water partition coefficient (Wildman–Crippen LogP) is 1.64. The highest BCUT2D eigenvalue weighted by Gasteiger charge is 2.29. The second kappa shape index (κ2) is 6.24. The number of hydrogen-bond donors (Lipinski definition) is 1. The van der Waals surface area contributed by atoms with Crippen LogP contribution >= 0.6 is 0 Å². The van der Waals surface area contributed by atoms with Gasteiger partial charge in [0.25, 0.3) is 0 Å². The Morgan fingerprint density at radius 3 is 2.89 bits per heavy atom. The summed E-state index contributed by atoms with van der Waals surface area (Å²) < 4.78 is 45.5. The van der Waals surface area contributed by atoms with Crippen LogP contribution < -0.4 is 5.32 Å². The number of nitrogens with zero attached hydrogens (tertiary/aromatic N) is 2. The van der Waals surface area contributed by atoms with Crippen molar-refractivity contribution < 1.29 is 27.4 Å². The summed E-state index contributed by atoms with van der Waals surface area (Å²) in [4.78, 5) is 11.0. The number of halogens is 3. The van der Waals surface area contributed by atoms with E-state index in [1.54, 1.807) is 0 Å². The van der Waals surface area contributed by atoms with Gasteiger partial charge in [-0.05, 0) is 0 Å². The smallest absolute Gasteiger partial charge is 0.422 e. The van der Waals surface area contributed by atoms with E-state index in [1.807, 2.05) is 0 Å². The van der Waals surface area contributed by atoms with Gasteiger partial charge in [0.15, 0.2) is 6.61 Å². The molecule has 0 saturated heterocycles. The molecule has 0 unspecified atom stereocenters. The number of methoxy groups -OCH3 is 1. The van der Waals surface area contributed by atoms with E-state index in [9.17, 15) is 18.0 Å². The van der Waals surface area contributed by atoms with E-state index in [-0.39, 0.29) is 5.69 Å². The molecule has 102 valence electrons. The zero-order valence-electron chi connectivity index (χ0n) is 9.53. The van der Waals surface area contributed by atoms with Crippen LogP contribution in [0, 0.1) is 0 Å². The topological polar surface area (TPSA) is 65.4 Å². The van der Waals surface area contributed by atoms with Gasteiger partial charge in [-0.1, -0.05) is 0 Å². The van der Waals surface area contributed by atoms with Crippen molar-refractivity contribution in [2.45, 2.75) is 12.7 Å². The summed E-state index contributed by atoms with van der Waals surface area (Å²) in [6.07, 6.45) is -2.98. The Balaban J connectivity index is 2.37. The van der Waals surface area contributed by atoms with E-state index in [1.165, 1.54) is 24.2 Å². The Bertz CT molecular complexity index is 392. The highest BCUT2D eigenvalue weighted by molar-refractivity contribution is 5.84. The first-order chi connectivity index (χ1) is 8.40. The fourth-order valence-corrected chi connectivity index (χ4v) is 1.04. The maximum absolute atomic E-state index is 11.8. The van der Waals surface area contributed by atoms with Crippen LogP contribution in [0.15, 0.2) is 12.4 Å². The van der Waals surface area contributed by atoms with Gasteiger partial charge in [-0.3, -0.25) is 10.00 Å². The fourth-order valence-electron chi connectivity index (χ4n) is 1.04. The van der Waals surface area contributed by atoms with Gasteiger partial charge in [0.2, 0.25) is 0 Å². The van der Waals surface area contributed by atoms with Crippen molar-refractivity contribution >= 4 is 11.8 Å². The average Bonchev–Trinajstić information content (AvgIpc) is 2.70. The van der Waals surface area contributed by atoms with Crippen molar-refractivity contribution in [1.82, 2.24) is 9.78 Å². The molecule has 0 spiro atoms. The number of carbonyl (C=O) groups excluding carboxylic acids is 1. The molecule has 1 amide bonds. The minimum absolute atomic E-state index is 0.248. The zero-order chi connectivity index (χ0) is 13.6. The Labute approximate surface area is 101 Å². The fraction of sp³-hybridized carbons (Fsp3) is 0.556. The van der Waals surface area contributed by atoms with E-state index >= 15 is 0 Å². The molecule has 1 aromatic heterocycles. The van der Waals surface area contributed by atoms with E-state index in [4.69, 9.17) is 4.74 Å². The quantitative estimate of drug-likeness (QED) is 0.880. The van der Waals surface area contributed by atoms with Crippen molar-refractivity contribution in [3.05, 3.63) is 12.4 Å². The molecule has 0 atom stereocenters. The molecule has 18 heavy (non-hydrogen) atoms. The maximum Gasteiger partial charge on any atom is 0.422 e. The van der Waals surface area contributed by atoms with Crippen LogP contribution in [0.1, 0.15) is 0 Å². The zero-order valence-corrected chi connectivity index (χ0v) is 9.53. The first-order valence-electron chi connectivity index (χ1n) is 4.92. The Kier molecular flexibility index (Phi) is 4.95. The highest BCUT2D eigenvalue weighted by atomic mass is 19.4. The van der Waals surface area contributed by atoms with Crippen molar-refractivity contribution in [2.24, 2.45) is 0 Å². The lowest BCUT2D eigenvalue weighted by molar-refractivity contribution is -0.159. The lowest BCUT2D eigenvalue weighted by atomic mass is 10.6. The third-order valence-corrected chi connectivity index (χ3v) is 1.77. The number of alkyl halides is 3. The minimum Gasteiger partial charge on any atom is -0.440 e. The van der Waals surface area contributed by atoms with Crippen molar-refractivity contribution in [3.8, 4) is 0 Å². The van der Waals surface area contributed by atoms with Crippen molar-refractivity contribution in [1.29, 1.82) is 0 Å². The Morgan fingerprint density at radius 1 is 1.56 bits per heavy atom. The molecule has 0 saturated carbocycles. The molecule has 0 fully saturated rings. The SMILES string of the molecule is COCCn1cc(NC(=O)OCC(F)(F)F)cn1. The maximum atomic E-state index is 11.8. The van der Waals surface area contributed by atoms with Crippen molar-refractivity contribution in [3.63, 3.8) is 0 Å². The van der Waals surface area contributed by atoms with E-state index < -0.39 is 18.9 Å². The van der Waals surface area contributed by atoms with E-state index in [0.717, 1.165) is 0 Å². The second-order valence-electron chi connectivity index (χ2n) is 3.30. The summed E-state index contributed by atoms with van der Waals surface area (Å²) >= 11 is 0. The number of anilines is 1. The molecule has 1 aromatic rings. The van der Waals surface area contributed by atoms with Gasteiger partial charge in [0.05, 0.1) is 25.0 Å². The monoisotopic (exact) mass is 267 g/mol. The molecule has 0 aliphatic carbocycles. The van der Waals surface area contributed by atoms with Crippen LogP contribution in [0.2, 0.25) is 0 Å². The van der Waals surface area contributed by atoms with Crippen molar-refractivity contribution in [2.75, 3.05) is 25.6 Å². The molecule has 1 rings (SSSR count). The number of amides is 1. The van der Waals surface area contributed by atoms with Gasteiger partial charge in [-0.15, -0.1) is 0 Å². The second-order valence-corrected chi connectivity index (χ2v) is 3.30. The lowest BCUT2D eigenvalue weighted by Crippen LogP contribution is -2.23. The summed E-state index contributed by atoms with van der Waals surface area (Å²) in [5, 5.41) is 5.99. The molecule has 0 radical (unpaired) electrons. The molecule has 9 heteroatoms.